The predicted octanol–water partition coefficient (Wildman–Crippen LogP) is 1.39. The molecule has 0 aliphatic rings. The molecule has 0 fully saturated rings. The lowest BCUT2D eigenvalue weighted by atomic mass is 10.2. The molecule has 1 heterocycles. The number of likely N-dealkylation sites (N-methyl/N-ethyl adjacent to an activating group) is 1. The zero-order valence-corrected chi connectivity index (χ0v) is 15.0. The summed E-state index contributed by atoms with van der Waals surface area (Å²) in [5.41, 5.74) is 3.11. The highest BCUT2D eigenvalue weighted by Gasteiger charge is 2.08. The van der Waals surface area contributed by atoms with Crippen molar-refractivity contribution in [3.63, 3.8) is 0 Å². The maximum atomic E-state index is 11.5. The van der Waals surface area contributed by atoms with Gasteiger partial charge in [0.25, 0.3) is 11.5 Å². The van der Waals surface area contributed by atoms with Crippen LogP contribution in [-0.2, 0) is 4.79 Å². The van der Waals surface area contributed by atoms with Gasteiger partial charge in [-0.3, -0.25) is 15.0 Å². The number of rotatable bonds is 8. The number of aromatic nitrogens is 2. The lowest BCUT2D eigenvalue weighted by Gasteiger charge is -2.11. The number of hydrazone groups is 1. The SMILES string of the molecule is CCNC(=O)COc1ccc(/C=N\Nc2cn[nH]c(=O)c2Cl)cc1OC. The second kappa shape index (κ2) is 9.42. The Morgan fingerprint density at radius 1 is 1.42 bits per heavy atom. The molecule has 0 unspecified atom stereocenters. The number of carbonyl (C=O) groups is 1. The number of aromatic amines is 1. The fourth-order valence-electron chi connectivity index (χ4n) is 1.91. The Morgan fingerprint density at radius 3 is 2.96 bits per heavy atom. The fraction of sp³-hybridized carbons (Fsp3) is 0.250. The highest BCUT2D eigenvalue weighted by molar-refractivity contribution is 6.32. The Kier molecular flexibility index (Phi) is 6.98. The molecule has 26 heavy (non-hydrogen) atoms. The van der Waals surface area contributed by atoms with Crippen LogP contribution in [0.25, 0.3) is 0 Å². The van der Waals surface area contributed by atoms with E-state index in [9.17, 15) is 9.59 Å². The summed E-state index contributed by atoms with van der Waals surface area (Å²) in [5, 5.41) is 12.4. The van der Waals surface area contributed by atoms with Gasteiger partial charge in [-0.1, -0.05) is 11.6 Å². The summed E-state index contributed by atoms with van der Waals surface area (Å²) in [5.74, 6) is 0.674. The minimum atomic E-state index is -0.512. The molecule has 2 aromatic rings. The van der Waals surface area contributed by atoms with Gasteiger partial charge in [0.2, 0.25) is 0 Å². The quantitative estimate of drug-likeness (QED) is 0.471. The smallest absolute Gasteiger partial charge is 0.285 e. The van der Waals surface area contributed by atoms with Gasteiger partial charge in [-0.05, 0) is 30.7 Å². The van der Waals surface area contributed by atoms with Crippen molar-refractivity contribution in [3.8, 4) is 11.5 Å². The van der Waals surface area contributed by atoms with Gasteiger partial charge in [0.05, 0.1) is 19.5 Å². The van der Waals surface area contributed by atoms with Crippen LogP contribution < -0.4 is 25.8 Å². The molecule has 0 aliphatic carbocycles. The van der Waals surface area contributed by atoms with Crippen LogP contribution in [0.1, 0.15) is 12.5 Å². The third-order valence-corrected chi connectivity index (χ3v) is 3.49. The van der Waals surface area contributed by atoms with Gasteiger partial charge in [-0.15, -0.1) is 0 Å². The van der Waals surface area contributed by atoms with E-state index in [2.05, 4.69) is 26.0 Å². The van der Waals surface area contributed by atoms with Crippen LogP contribution in [0, 0.1) is 0 Å². The van der Waals surface area contributed by atoms with Crippen LogP contribution in [-0.4, -0.2) is 42.6 Å². The van der Waals surface area contributed by atoms with Crippen molar-refractivity contribution in [2.45, 2.75) is 6.92 Å². The number of hydrogen-bond acceptors (Lipinski definition) is 7. The van der Waals surface area contributed by atoms with Gasteiger partial charge in [-0.2, -0.15) is 10.2 Å². The van der Waals surface area contributed by atoms with E-state index in [1.54, 1.807) is 18.2 Å². The minimum absolute atomic E-state index is 0.0381. The van der Waals surface area contributed by atoms with Crippen LogP contribution in [0.15, 0.2) is 34.3 Å². The Balaban J connectivity index is 2.05. The van der Waals surface area contributed by atoms with E-state index in [-0.39, 0.29) is 23.2 Å². The van der Waals surface area contributed by atoms with Crippen molar-refractivity contribution >= 4 is 29.4 Å². The van der Waals surface area contributed by atoms with E-state index in [1.165, 1.54) is 19.5 Å². The molecule has 0 radical (unpaired) electrons. The highest BCUT2D eigenvalue weighted by atomic mass is 35.5. The summed E-state index contributed by atoms with van der Waals surface area (Å²) in [7, 11) is 1.50. The average Bonchev–Trinajstić information content (AvgIpc) is 2.64. The lowest BCUT2D eigenvalue weighted by molar-refractivity contribution is -0.123. The number of carbonyl (C=O) groups excluding carboxylic acids is 1. The number of H-pyrrole nitrogens is 1. The van der Waals surface area contributed by atoms with Crippen molar-refractivity contribution in [1.82, 2.24) is 15.5 Å². The van der Waals surface area contributed by atoms with Crippen molar-refractivity contribution in [2.75, 3.05) is 25.7 Å². The van der Waals surface area contributed by atoms with Crippen LogP contribution >= 0.6 is 11.6 Å². The Morgan fingerprint density at radius 2 is 2.23 bits per heavy atom. The highest BCUT2D eigenvalue weighted by Crippen LogP contribution is 2.27. The zero-order valence-electron chi connectivity index (χ0n) is 14.2. The van der Waals surface area contributed by atoms with Crippen LogP contribution in [0.2, 0.25) is 5.02 Å². The van der Waals surface area contributed by atoms with E-state index in [1.807, 2.05) is 6.92 Å². The molecule has 1 aromatic heterocycles. The second-order valence-electron chi connectivity index (χ2n) is 4.95. The van der Waals surface area contributed by atoms with Gasteiger partial charge in [0.15, 0.2) is 18.1 Å². The van der Waals surface area contributed by atoms with Crippen LogP contribution in [0.5, 0.6) is 11.5 Å². The molecule has 0 saturated carbocycles. The predicted molar refractivity (Wildman–Crippen MR) is 98.3 cm³/mol. The van der Waals surface area contributed by atoms with Gasteiger partial charge < -0.3 is 14.8 Å². The topological polar surface area (TPSA) is 118 Å². The van der Waals surface area contributed by atoms with Gasteiger partial charge in [0.1, 0.15) is 10.7 Å². The molecule has 9 nitrogen and oxygen atoms in total. The second-order valence-corrected chi connectivity index (χ2v) is 5.33. The molecule has 0 aliphatic heterocycles. The maximum Gasteiger partial charge on any atom is 0.285 e. The molecule has 10 heteroatoms. The number of benzene rings is 1. The number of amides is 1. The summed E-state index contributed by atoms with van der Waals surface area (Å²) in [6.07, 6.45) is 2.85. The molecule has 0 atom stereocenters. The Bertz CT molecular complexity index is 853. The standard InChI is InChI=1S/C16H18ClN5O4/c1-3-18-14(23)9-26-12-5-4-10(6-13(12)25-2)7-19-21-11-8-20-22-16(24)15(11)17/h4-8H,3,9H2,1-2H3,(H,18,23)(H2,21,22,24)/b19-7-. The molecule has 1 aromatic carbocycles. The third kappa shape index (κ3) is 5.21. The van der Waals surface area contributed by atoms with Crippen molar-refractivity contribution in [1.29, 1.82) is 0 Å². The summed E-state index contributed by atoms with van der Waals surface area (Å²) in [4.78, 5) is 22.8. The first kappa shape index (κ1) is 19.3. The van der Waals surface area contributed by atoms with E-state index in [0.29, 0.717) is 23.6 Å². The first-order valence-corrected chi connectivity index (χ1v) is 8.02. The van der Waals surface area contributed by atoms with Gasteiger partial charge in [-0.25, -0.2) is 5.10 Å². The van der Waals surface area contributed by atoms with E-state index < -0.39 is 5.56 Å². The molecule has 0 saturated heterocycles. The normalized spacial score (nSPS) is 10.6. The number of methoxy groups -OCH3 is 1. The largest absolute Gasteiger partial charge is 0.493 e. The number of hydrogen-bond donors (Lipinski definition) is 3. The number of anilines is 1. The minimum Gasteiger partial charge on any atom is -0.493 e. The number of nitrogens with one attached hydrogen (secondary N) is 3. The van der Waals surface area contributed by atoms with Crippen LogP contribution in [0.3, 0.4) is 0 Å². The van der Waals surface area contributed by atoms with Crippen LogP contribution in [0.4, 0.5) is 5.69 Å². The summed E-state index contributed by atoms with van der Waals surface area (Å²) in [6, 6.07) is 5.09. The Labute approximate surface area is 154 Å². The molecule has 1 amide bonds. The summed E-state index contributed by atoms with van der Waals surface area (Å²) < 4.78 is 10.7. The summed E-state index contributed by atoms with van der Waals surface area (Å²) in [6.45, 7) is 2.26. The molecular weight excluding hydrogens is 362 g/mol. The molecule has 0 bridgehead atoms. The number of halogens is 1. The zero-order chi connectivity index (χ0) is 18.9. The van der Waals surface area contributed by atoms with Crippen molar-refractivity contribution in [3.05, 3.63) is 45.3 Å². The molecule has 2 rings (SSSR count). The van der Waals surface area contributed by atoms with Crippen molar-refractivity contribution < 1.29 is 14.3 Å². The first-order valence-electron chi connectivity index (χ1n) is 7.65. The van der Waals surface area contributed by atoms with Gasteiger partial charge >= 0.3 is 0 Å². The maximum absolute atomic E-state index is 11.5. The number of nitrogens with zero attached hydrogens (tertiary/aromatic N) is 2. The van der Waals surface area contributed by atoms with Gasteiger partial charge in [0, 0.05) is 6.54 Å². The molecule has 138 valence electrons. The molecular formula is C16H18ClN5O4. The Hall–Kier alpha value is -3.07. The fourth-order valence-corrected chi connectivity index (χ4v) is 2.05. The van der Waals surface area contributed by atoms with E-state index in [4.69, 9.17) is 21.1 Å². The molecule has 3 N–H and O–H groups in total. The van der Waals surface area contributed by atoms with E-state index in [0.717, 1.165) is 0 Å². The summed E-state index contributed by atoms with van der Waals surface area (Å²) >= 11 is 5.84. The van der Waals surface area contributed by atoms with E-state index >= 15 is 0 Å². The monoisotopic (exact) mass is 379 g/mol. The number of ether oxygens (including phenoxy) is 2. The lowest BCUT2D eigenvalue weighted by Crippen LogP contribution is -2.28. The first-order chi connectivity index (χ1) is 12.5. The molecule has 0 spiro atoms. The third-order valence-electron chi connectivity index (χ3n) is 3.11. The average molecular weight is 380 g/mol. The van der Waals surface area contributed by atoms with Crippen molar-refractivity contribution in [2.24, 2.45) is 5.10 Å².